The highest BCUT2D eigenvalue weighted by atomic mass is 35.5. The maximum Gasteiger partial charge on any atom is 0.322 e. The summed E-state index contributed by atoms with van der Waals surface area (Å²) in [5.41, 5.74) is 10.4. The topological polar surface area (TPSA) is 127 Å². The van der Waals surface area contributed by atoms with Gasteiger partial charge in [-0.2, -0.15) is 0 Å². The van der Waals surface area contributed by atoms with Crippen LogP contribution in [0.4, 0.5) is 0 Å². The van der Waals surface area contributed by atoms with Crippen molar-refractivity contribution in [3.63, 3.8) is 0 Å². The first-order valence-electron chi connectivity index (χ1n) is 3.97. The lowest BCUT2D eigenvalue weighted by Crippen LogP contribution is -2.40. The quantitative estimate of drug-likeness (QED) is 0.438. The summed E-state index contributed by atoms with van der Waals surface area (Å²) in [6.07, 6.45) is 0.257. The average molecular weight is 225 g/mol. The third kappa shape index (κ3) is 4.40. The van der Waals surface area contributed by atoms with Crippen molar-refractivity contribution >= 4 is 23.5 Å². The van der Waals surface area contributed by atoms with Crippen molar-refractivity contribution in [2.45, 2.75) is 30.3 Å². The molecule has 0 aliphatic rings. The zero-order valence-corrected chi connectivity index (χ0v) is 8.15. The number of hydrogen-bond donors (Lipinski definition) is 4. The molecule has 0 aliphatic carbocycles. The highest BCUT2D eigenvalue weighted by Crippen LogP contribution is 2.10. The Labute approximate surface area is 85.8 Å². The van der Waals surface area contributed by atoms with Gasteiger partial charge in [-0.3, -0.25) is 9.59 Å². The number of hydrogen-bond acceptors (Lipinski definition) is 4. The summed E-state index contributed by atoms with van der Waals surface area (Å²) in [6, 6.07) is -2.23. The molecule has 0 amide bonds. The molecule has 0 spiro atoms. The van der Waals surface area contributed by atoms with Crippen LogP contribution in [0.1, 0.15) is 12.8 Å². The molecule has 0 saturated carbocycles. The summed E-state index contributed by atoms with van der Waals surface area (Å²) < 4.78 is 0. The van der Waals surface area contributed by atoms with Gasteiger partial charge in [0.2, 0.25) is 0 Å². The number of aliphatic carboxylic acids is 2. The number of halogens is 1. The Balaban J connectivity index is 3.90. The number of rotatable bonds is 6. The maximum absolute atomic E-state index is 10.4. The summed E-state index contributed by atoms with van der Waals surface area (Å²) in [6.45, 7) is 0. The second-order valence-electron chi connectivity index (χ2n) is 2.90. The lowest BCUT2D eigenvalue weighted by Gasteiger charge is -2.14. The molecule has 6 N–H and O–H groups in total. The van der Waals surface area contributed by atoms with Gasteiger partial charge in [-0.15, -0.1) is 11.6 Å². The molecule has 0 bridgehead atoms. The van der Waals surface area contributed by atoms with E-state index in [9.17, 15) is 9.59 Å². The standard InChI is InChI=1S/C7H13ClN2O4/c8-3(5(10)7(13)14)1-2-4(9)6(11)12/h3-5H,1-2,9-10H2,(H,11,12)(H,13,14)/t3?,4-,5?/m0/s1. The van der Waals surface area contributed by atoms with Gasteiger partial charge in [-0.25, -0.2) is 0 Å². The van der Waals surface area contributed by atoms with Gasteiger partial charge in [0.15, 0.2) is 0 Å². The van der Waals surface area contributed by atoms with Crippen molar-refractivity contribution in [2.75, 3.05) is 0 Å². The van der Waals surface area contributed by atoms with Crippen molar-refractivity contribution < 1.29 is 19.8 Å². The summed E-state index contributed by atoms with van der Waals surface area (Å²) >= 11 is 5.62. The molecule has 0 aliphatic heterocycles. The molecule has 82 valence electrons. The SMILES string of the molecule is NC(C(=O)O)C(Cl)CC[C@H](N)C(=O)O. The van der Waals surface area contributed by atoms with Crippen LogP contribution in [-0.4, -0.2) is 39.6 Å². The van der Waals surface area contributed by atoms with Gasteiger partial charge in [0.05, 0.1) is 5.38 Å². The predicted molar refractivity (Wildman–Crippen MR) is 50.1 cm³/mol. The lowest BCUT2D eigenvalue weighted by atomic mass is 10.1. The smallest absolute Gasteiger partial charge is 0.322 e. The van der Waals surface area contributed by atoms with E-state index >= 15 is 0 Å². The second-order valence-corrected chi connectivity index (χ2v) is 3.46. The number of nitrogens with two attached hydrogens (primary N) is 2. The summed E-state index contributed by atoms with van der Waals surface area (Å²) in [5, 5.41) is 16.1. The largest absolute Gasteiger partial charge is 0.480 e. The molecule has 3 atom stereocenters. The van der Waals surface area contributed by atoms with E-state index in [2.05, 4.69) is 0 Å². The number of alkyl halides is 1. The maximum atomic E-state index is 10.4. The summed E-state index contributed by atoms with van der Waals surface area (Å²) in [7, 11) is 0. The molecule has 7 heteroatoms. The van der Waals surface area contributed by atoms with Crippen LogP contribution in [0.15, 0.2) is 0 Å². The van der Waals surface area contributed by atoms with Crippen LogP contribution in [0.2, 0.25) is 0 Å². The van der Waals surface area contributed by atoms with Crippen LogP contribution in [-0.2, 0) is 9.59 Å². The molecule has 0 fully saturated rings. The first-order valence-corrected chi connectivity index (χ1v) is 4.40. The normalized spacial score (nSPS) is 17.1. The molecule has 2 unspecified atom stereocenters. The first-order chi connectivity index (χ1) is 6.36. The van der Waals surface area contributed by atoms with Gasteiger partial charge in [-0.05, 0) is 12.8 Å². The van der Waals surface area contributed by atoms with Crippen molar-refractivity contribution in [1.82, 2.24) is 0 Å². The third-order valence-electron chi connectivity index (χ3n) is 1.75. The van der Waals surface area contributed by atoms with E-state index < -0.39 is 29.4 Å². The molecule has 0 rings (SSSR count). The minimum absolute atomic E-state index is 0.102. The number of carbonyl (C=O) groups is 2. The molecule has 6 nitrogen and oxygen atoms in total. The zero-order chi connectivity index (χ0) is 11.3. The molecule has 0 aromatic rings. The van der Waals surface area contributed by atoms with E-state index in [-0.39, 0.29) is 12.8 Å². The highest BCUT2D eigenvalue weighted by Gasteiger charge is 2.23. The Hall–Kier alpha value is -0.850. The fourth-order valence-electron chi connectivity index (χ4n) is 0.797. The molecule has 0 saturated heterocycles. The third-order valence-corrected chi connectivity index (χ3v) is 2.24. The van der Waals surface area contributed by atoms with E-state index in [0.717, 1.165) is 0 Å². The lowest BCUT2D eigenvalue weighted by molar-refractivity contribution is -0.138. The Bertz CT molecular complexity index is 224. The van der Waals surface area contributed by atoms with Crippen LogP contribution in [0.5, 0.6) is 0 Å². The Morgan fingerprint density at radius 3 is 2.00 bits per heavy atom. The Morgan fingerprint density at radius 2 is 1.64 bits per heavy atom. The summed E-state index contributed by atoms with van der Waals surface area (Å²) in [4.78, 5) is 20.7. The van der Waals surface area contributed by atoms with Gasteiger partial charge < -0.3 is 21.7 Å². The first kappa shape index (κ1) is 13.2. The van der Waals surface area contributed by atoms with Crippen LogP contribution in [0.25, 0.3) is 0 Å². The van der Waals surface area contributed by atoms with Gasteiger partial charge in [0, 0.05) is 0 Å². The van der Waals surface area contributed by atoms with Gasteiger partial charge in [0.1, 0.15) is 12.1 Å². The van der Waals surface area contributed by atoms with Crippen LogP contribution >= 0.6 is 11.6 Å². The van der Waals surface area contributed by atoms with Crippen molar-refractivity contribution in [3.05, 3.63) is 0 Å². The fourth-order valence-corrected chi connectivity index (χ4v) is 1.03. The molecule has 0 aromatic heterocycles. The van der Waals surface area contributed by atoms with Gasteiger partial charge in [0.25, 0.3) is 0 Å². The molecular weight excluding hydrogens is 212 g/mol. The minimum atomic E-state index is -1.21. The molecule has 0 heterocycles. The predicted octanol–water partition coefficient (Wildman–Crippen LogP) is -0.802. The monoisotopic (exact) mass is 224 g/mol. The van der Waals surface area contributed by atoms with E-state index in [1.54, 1.807) is 0 Å². The van der Waals surface area contributed by atoms with E-state index in [1.165, 1.54) is 0 Å². The second kappa shape index (κ2) is 5.79. The molecule has 14 heavy (non-hydrogen) atoms. The van der Waals surface area contributed by atoms with Crippen LogP contribution in [0.3, 0.4) is 0 Å². The molecular formula is C7H13ClN2O4. The molecule has 0 radical (unpaired) electrons. The fraction of sp³-hybridized carbons (Fsp3) is 0.714. The number of carboxylic acids is 2. The van der Waals surface area contributed by atoms with Crippen LogP contribution in [0, 0.1) is 0 Å². The molecule has 0 aromatic carbocycles. The van der Waals surface area contributed by atoms with E-state index in [1.807, 2.05) is 0 Å². The summed E-state index contributed by atoms with van der Waals surface area (Å²) in [5.74, 6) is -2.35. The van der Waals surface area contributed by atoms with Crippen molar-refractivity contribution in [2.24, 2.45) is 11.5 Å². The van der Waals surface area contributed by atoms with Crippen molar-refractivity contribution in [1.29, 1.82) is 0 Å². The van der Waals surface area contributed by atoms with Crippen LogP contribution < -0.4 is 11.5 Å². The Kier molecular flexibility index (Phi) is 5.44. The van der Waals surface area contributed by atoms with Crippen molar-refractivity contribution in [3.8, 4) is 0 Å². The van der Waals surface area contributed by atoms with Gasteiger partial charge in [-0.1, -0.05) is 0 Å². The average Bonchev–Trinajstić information content (AvgIpc) is 2.11. The zero-order valence-electron chi connectivity index (χ0n) is 7.39. The van der Waals surface area contributed by atoms with E-state index in [4.69, 9.17) is 33.3 Å². The van der Waals surface area contributed by atoms with E-state index in [0.29, 0.717) is 0 Å². The highest BCUT2D eigenvalue weighted by molar-refractivity contribution is 6.22. The Morgan fingerprint density at radius 1 is 1.14 bits per heavy atom. The van der Waals surface area contributed by atoms with Gasteiger partial charge >= 0.3 is 11.9 Å². The minimum Gasteiger partial charge on any atom is -0.480 e. The number of carboxylic acid groups (broad SMARTS) is 2.